The number of rotatable bonds is 7. The molecule has 0 aromatic rings. The zero-order valence-corrected chi connectivity index (χ0v) is 10.9. The van der Waals surface area contributed by atoms with Gasteiger partial charge in [0.25, 0.3) is 0 Å². The van der Waals surface area contributed by atoms with E-state index in [9.17, 15) is 5.26 Å². The van der Waals surface area contributed by atoms with Crippen LogP contribution in [0.1, 0.15) is 40.5 Å². The van der Waals surface area contributed by atoms with Crippen LogP contribution in [0.15, 0.2) is 0 Å². The van der Waals surface area contributed by atoms with Gasteiger partial charge in [-0.2, -0.15) is 5.26 Å². The minimum absolute atomic E-state index is 0.322. The number of hydrogen-bond acceptors (Lipinski definition) is 3. The normalized spacial score (nSPS) is 19.8. The lowest BCUT2D eigenvalue weighted by atomic mass is 9.95. The Hall–Kier alpha value is -0.590. The molecule has 92 valence electrons. The van der Waals surface area contributed by atoms with Gasteiger partial charge >= 0.3 is 0 Å². The van der Waals surface area contributed by atoms with Crippen LogP contribution in [0.25, 0.3) is 0 Å². The number of nitrogens with zero attached hydrogens (tertiary/aromatic N) is 1. The molecule has 1 fully saturated rings. The van der Waals surface area contributed by atoms with Crippen molar-refractivity contribution in [3.63, 3.8) is 0 Å². The molecule has 1 saturated carbocycles. The monoisotopic (exact) mass is 224 g/mol. The summed E-state index contributed by atoms with van der Waals surface area (Å²) < 4.78 is 5.67. The summed E-state index contributed by atoms with van der Waals surface area (Å²) in [4.78, 5) is 0. The Kier molecular flexibility index (Phi) is 4.76. The van der Waals surface area contributed by atoms with Crippen molar-refractivity contribution in [1.29, 1.82) is 5.26 Å². The van der Waals surface area contributed by atoms with E-state index in [0.29, 0.717) is 24.5 Å². The highest BCUT2D eigenvalue weighted by molar-refractivity contribution is 5.15. The third-order valence-corrected chi connectivity index (χ3v) is 2.80. The molecule has 0 aromatic heterocycles. The maximum atomic E-state index is 9.41. The molecule has 0 heterocycles. The van der Waals surface area contributed by atoms with Crippen LogP contribution in [0.3, 0.4) is 0 Å². The quantitative estimate of drug-likeness (QED) is 0.722. The first-order valence-electron chi connectivity index (χ1n) is 6.27. The minimum Gasteiger partial charge on any atom is -0.378 e. The Morgan fingerprint density at radius 2 is 2.00 bits per heavy atom. The van der Waals surface area contributed by atoms with E-state index in [2.05, 4.69) is 39.1 Å². The Labute approximate surface area is 99.2 Å². The van der Waals surface area contributed by atoms with Crippen LogP contribution in [0.4, 0.5) is 0 Å². The van der Waals surface area contributed by atoms with Gasteiger partial charge < -0.3 is 4.74 Å². The number of nitrogens with one attached hydrogen (secondary N) is 1. The van der Waals surface area contributed by atoms with E-state index in [4.69, 9.17) is 4.74 Å². The zero-order valence-electron chi connectivity index (χ0n) is 10.9. The summed E-state index contributed by atoms with van der Waals surface area (Å²) in [5.41, 5.74) is -0.455. The van der Waals surface area contributed by atoms with Crippen LogP contribution in [0.2, 0.25) is 0 Å². The summed E-state index contributed by atoms with van der Waals surface area (Å²) in [5.74, 6) is 1.00. The Bertz CT molecular complexity index is 253. The number of ether oxygens (including phenoxy) is 1. The van der Waals surface area contributed by atoms with E-state index in [1.807, 2.05) is 0 Å². The second-order valence-electron chi connectivity index (χ2n) is 5.57. The second-order valence-corrected chi connectivity index (χ2v) is 5.57. The largest absolute Gasteiger partial charge is 0.378 e. The van der Waals surface area contributed by atoms with Gasteiger partial charge in [0.05, 0.1) is 12.7 Å². The van der Waals surface area contributed by atoms with Gasteiger partial charge in [-0.1, -0.05) is 13.8 Å². The van der Waals surface area contributed by atoms with Gasteiger partial charge in [0.15, 0.2) is 0 Å². The maximum absolute atomic E-state index is 9.41. The lowest BCUT2D eigenvalue weighted by Crippen LogP contribution is -2.53. The fraction of sp³-hybridized carbons (Fsp3) is 0.923. The van der Waals surface area contributed by atoms with Crippen LogP contribution in [0, 0.1) is 23.2 Å². The smallest absolute Gasteiger partial charge is 0.133 e. The van der Waals surface area contributed by atoms with Crippen LogP contribution < -0.4 is 5.32 Å². The molecule has 1 aliphatic carbocycles. The van der Waals surface area contributed by atoms with Crippen LogP contribution >= 0.6 is 0 Å². The standard InChI is InChI=1S/C13H24N2O/c1-10(2)7-16-9-13(8-14,12-5-6-12)15-11(3)4/h10-12,15H,5-7,9H2,1-4H3. The van der Waals surface area contributed by atoms with Crippen molar-refractivity contribution in [3.05, 3.63) is 0 Å². The molecule has 3 nitrogen and oxygen atoms in total. The summed E-state index contributed by atoms with van der Waals surface area (Å²) in [6.45, 7) is 9.66. The zero-order chi connectivity index (χ0) is 12.2. The van der Waals surface area contributed by atoms with Crippen LogP contribution in [0.5, 0.6) is 0 Å². The van der Waals surface area contributed by atoms with E-state index < -0.39 is 5.54 Å². The summed E-state index contributed by atoms with van der Waals surface area (Å²) >= 11 is 0. The summed E-state index contributed by atoms with van der Waals surface area (Å²) in [7, 11) is 0. The van der Waals surface area contributed by atoms with E-state index in [-0.39, 0.29) is 0 Å². The third kappa shape index (κ3) is 3.77. The first kappa shape index (κ1) is 13.5. The second kappa shape index (κ2) is 5.65. The van der Waals surface area contributed by atoms with Crippen molar-refractivity contribution < 1.29 is 4.74 Å². The number of hydrogen-bond donors (Lipinski definition) is 1. The van der Waals surface area contributed by atoms with Gasteiger partial charge in [-0.15, -0.1) is 0 Å². The minimum atomic E-state index is -0.455. The molecule has 0 amide bonds. The summed E-state index contributed by atoms with van der Waals surface area (Å²) in [6, 6.07) is 2.77. The van der Waals surface area contributed by atoms with Crippen molar-refractivity contribution in [2.75, 3.05) is 13.2 Å². The molecule has 3 heteroatoms. The summed E-state index contributed by atoms with van der Waals surface area (Å²) in [6.07, 6.45) is 2.30. The molecule has 1 aliphatic rings. The van der Waals surface area contributed by atoms with E-state index in [1.165, 1.54) is 0 Å². The molecule has 1 unspecified atom stereocenters. The van der Waals surface area contributed by atoms with Gasteiger partial charge in [-0.25, -0.2) is 0 Å². The predicted molar refractivity (Wildman–Crippen MR) is 65.0 cm³/mol. The summed E-state index contributed by atoms with van der Waals surface area (Å²) in [5, 5.41) is 12.8. The number of nitriles is 1. The first-order chi connectivity index (χ1) is 7.50. The molecule has 0 bridgehead atoms. The highest BCUT2D eigenvalue weighted by Crippen LogP contribution is 2.40. The molecule has 0 aliphatic heterocycles. The molecular formula is C13H24N2O. The van der Waals surface area contributed by atoms with Crippen molar-refractivity contribution in [2.45, 2.75) is 52.1 Å². The average Bonchev–Trinajstić information content (AvgIpc) is 2.98. The Balaban J connectivity index is 2.52. The highest BCUT2D eigenvalue weighted by atomic mass is 16.5. The fourth-order valence-electron chi connectivity index (χ4n) is 1.98. The Morgan fingerprint density at radius 1 is 1.38 bits per heavy atom. The van der Waals surface area contributed by atoms with E-state index >= 15 is 0 Å². The predicted octanol–water partition coefficient (Wildman–Crippen LogP) is 2.33. The lowest BCUT2D eigenvalue weighted by molar-refractivity contribution is 0.0607. The SMILES string of the molecule is CC(C)COCC(C#N)(NC(C)C)C1CC1. The van der Waals surface area contributed by atoms with Crippen molar-refractivity contribution in [1.82, 2.24) is 5.32 Å². The van der Waals surface area contributed by atoms with Gasteiger partial charge in [-0.3, -0.25) is 5.32 Å². The molecule has 0 aromatic carbocycles. The Morgan fingerprint density at radius 3 is 2.38 bits per heavy atom. The van der Waals surface area contributed by atoms with Crippen LogP contribution in [-0.4, -0.2) is 24.8 Å². The van der Waals surface area contributed by atoms with Crippen molar-refractivity contribution >= 4 is 0 Å². The van der Waals surface area contributed by atoms with Gasteiger partial charge in [0.2, 0.25) is 0 Å². The first-order valence-corrected chi connectivity index (χ1v) is 6.27. The molecule has 1 rings (SSSR count). The van der Waals surface area contributed by atoms with Gasteiger partial charge in [0, 0.05) is 12.6 Å². The topological polar surface area (TPSA) is 45.0 Å². The van der Waals surface area contributed by atoms with E-state index in [0.717, 1.165) is 19.4 Å². The lowest BCUT2D eigenvalue weighted by Gasteiger charge is -2.30. The van der Waals surface area contributed by atoms with Gasteiger partial charge in [0.1, 0.15) is 5.54 Å². The molecule has 0 saturated heterocycles. The molecule has 1 N–H and O–H groups in total. The molecule has 1 atom stereocenters. The molecular weight excluding hydrogens is 200 g/mol. The highest BCUT2D eigenvalue weighted by Gasteiger charge is 2.46. The molecule has 16 heavy (non-hydrogen) atoms. The third-order valence-electron chi connectivity index (χ3n) is 2.80. The maximum Gasteiger partial charge on any atom is 0.133 e. The molecule has 0 radical (unpaired) electrons. The van der Waals surface area contributed by atoms with Gasteiger partial charge in [-0.05, 0) is 38.5 Å². The van der Waals surface area contributed by atoms with Crippen molar-refractivity contribution in [2.24, 2.45) is 11.8 Å². The molecule has 0 spiro atoms. The van der Waals surface area contributed by atoms with Crippen LogP contribution in [-0.2, 0) is 4.74 Å². The fourth-order valence-corrected chi connectivity index (χ4v) is 1.98. The average molecular weight is 224 g/mol. The van der Waals surface area contributed by atoms with E-state index in [1.54, 1.807) is 0 Å². The van der Waals surface area contributed by atoms with Crippen molar-refractivity contribution in [3.8, 4) is 6.07 Å².